The highest BCUT2D eigenvalue weighted by molar-refractivity contribution is 5.82. The average molecular weight is 418 g/mol. The summed E-state index contributed by atoms with van der Waals surface area (Å²) in [5.41, 5.74) is 0.744. The molecule has 30 heavy (non-hydrogen) atoms. The monoisotopic (exact) mass is 417 g/mol. The fourth-order valence-electron chi connectivity index (χ4n) is 3.84. The van der Waals surface area contributed by atoms with Crippen molar-refractivity contribution in [3.63, 3.8) is 0 Å². The van der Waals surface area contributed by atoms with E-state index in [4.69, 9.17) is 14.5 Å². The van der Waals surface area contributed by atoms with Crippen molar-refractivity contribution in [2.24, 2.45) is 4.99 Å². The van der Waals surface area contributed by atoms with Crippen molar-refractivity contribution < 1.29 is 14.3 Å². The number of methoxy groups -OCH3 is 1. The van der Waals surface area contributed by atoms with Crippen molar-refractivity contribution in [1.29, 1.82) is 0 Å². The third-order valence-corrected chi connectivity index (χ3v) is 5.44. The Morgan fingerprint density at radius 1 is 1.27 bits per heavy atom. The summed E-state index contributed by atoms with van der Waals surface area (Å²) in [7, 11) is 5.84. The molecular weight excluding hydrogens is 382 g/mol. The van der Waals surface area contributed by atoms with E-state index in [-0.39, 0.29) is 18.2 Å². The zero-order chi connectivity index (χ0) is 21.9. The predicted molar refractivity (Wildman–Crippen MR) is 118 cm³/mol. The third kappa shape index (κ3) is 5.36. The van der Waals surface area contributed by atoms with E-state index in [9.17, 15) is 4.79 Å². The number of nitrogens with one attached hydrogen (secondary N) is 1. The minimum absolute atomic E-state index is 0.201. The number of nitrogens with zero attached hydrogens (tertiary/aromatic N) is 4. The number of piperazine rings is 1. The van der Waals surface area contributed by atoms with Gasteiger partial charge in [0.2, 0.25) is 0 Å². The molecule has 8 heteroatoms. The van der Waals surface area contributed by atoms with Gasteiger partial charge in [0.15, 0.2) is 5.96 Å². The normalized spacial score (nSPS) is 20.0. The highest BCUT2D eigenvalue weighted by atomic mass is 16.6. The number of carbonyl (C=O) groups is 1. The van der Waals surface area contributed by atoms with Crippen molar-refractivity contribution >= 4 is 12.1 Å². The van der Waals surface area contributed by atoms with E-state index < -0.39 is 5.60 Å². The Balaban J connectivity index is 1.56. The van der Waals surface area contributed by atoms with Crippen molar-refractivity contribution in [2.75, 3.05) is 53.9 Å². The first-order chi connectivity index (χ1) is 14.2. The van der Waals surface area contributed by atoms with Crippen LogP contribution in [0.5, 0.6) is 5.75 Å². The number of carbonyl (C=O) groups excluding carboxylic acids is 1. The topological polar surface area (TPSA) is 69.6 Å². The molecule has 0 aliphatic carbocycles. The molecular formula is C22H35N5O3. The zero-order valence-electron chi connectivity index (χ0n) is 19.0. The average Bonchev–Trinajstić information content (AvgIpc) is 3.09. The summed E-state index contributed by atoms with van der Waals surface area (Å²) in [6.45, 7) is 9.16. The van der Waals surface area contributed by atoms with Crippen molar-refractivity contribution in [2.45, 2.75) is 38.5 Å². The standard InChI is InChI=1S/C22H35N5O3/c1-22(2,3)30-21(28)26-11-12-27-17(15-26)13-23-20(27)24-14-19(25(4)5)16-7-9-18(29-6)10-8-16/h7-10,17,19H,11-15H2,1-6H3,(H,23,24). The van der Waals surface area contributed by atoms with E-state index in [1.165, 1.54) is 5.56 Å². The number of benzene rings is 1. The molecule has 2 unspecified atom stereocenters. The maximum atomic E-state index is 12.4. The summed E-state index contributed by atoms with van der Waals surface area (Å²) in [5, 5.41) is 3.54. The van der Waals surface area contributed by atoms with Crippen LogP contribution in [-0.4, -0.2) is 92.3 Å². The molecule has 0 spiro atoms. The quantitative estimate of drug-likeness (QED) is 0.792. The second-order valence-electron chi connectivity index (χ2n) is 9.07. The Labute approximate surface area is 179 Å². The van der Waals surface area contributed by atoms with Gasteiger partial charge in [0, 0.05) is 26.2 Å². The molecule has 1 fully saturated rings. The van der Waals surface area contributed by atoms with E-state index in [2.05, 4.69) is 41.3 Å². The second-order valence-corrected chi connectivity index (χ2v) is 9.07. The second kappa shape index (κ2) is 9.12. The summed E-state index contributed by atoms with van der Waals surface area (Å²) in [5.74, 6) is 1.78. The molecule has 1 N–H and O–H groups in total. The van der Waals surface area contributed by atoms with Gasteiger partial charge in [-0.1, -0.05) is 12.1 Å². The molecule has 2 heterocycles. The third-order valence-electron chi connectivity index (χ3n) is 5.44. The molecule has 8 nitrogen and oxygen atoms in total. The molecule has 1 aromatic rings. The molecule has 3 rings (SSSR count). The summed E-state index contributed by atoms with van der Waals surface area (Å²) < 4.78 is 10.8. The Bertz CT molecular complexity index is 757. The SMILES string of the molecule is COc1ccc(C(CNC2=NCC3CN(C(=O)OC(C)(C)C)CCN23)N(C)C)cc1. The minimum atomic E-state index is -0.476. The van der Waals surface area contributed by atoms with E-state index in [1.54, 1.807) is 12.0 Å². The first kappa shape index (κ1) is 22.2. The minimum Gasteiger partial charge on any atom is -0.497 e. The van der Waals surface area contributed by atoms with E-state index in [1.807, 2.05) is 32.9 Å². The fraction of sp³-hybridized carbons (Fsp3) is 0.636. The number of guanidine groups is 1. The molecule has 2 atom stereocenters. The molecule has 166 valence electrons. The highest BCUT2D eigenvalue weighted by Gasteiger charge is 2.36. The number of hydrogen-bond acceptors (Lipinski definition) is 7. The molecule has 1 aromatic carbocycles. The molecule has 0 radical (unpaired) electrons. The summed E-state index contributed by atoms with van der Waals surface area (Å²) >= 11 is 0. The number of likely N-dealkylation sites (N-methyl/N-ethyl adjacent to an activating group) is 1. The summed E-state index contributed by atoms with van der Waals surface area (Å²) in [6, 6.07) is 8.59. The van der Waals surface area contributed by atoms with E-state index in [0.29, 0.717) is 19.6 Å². The number of aliphatic imine (C=N–C) groups is 1. The number of fused-ring (bicyclic) bond motifs is 1. The molecule has 1 amide bonds. The number of rotatable bonds is 5. The predicted octanol–water partition coefficient (Wildman–Crippen LogP) is 2.18. The lowest BCUT2D eigenvalue weighted by atomic mass is 10.1. The zero-order valence-corrected chi connectivity index (χ0v) is 19.0. The Morgan fingerprint density at radius 3 is 2.57 bits per heavy atom. The van der Waals surface area contributed by atoms with Crippen molar-refractivity contribution in [3.05, 3.63) is 29.8 Å². The van der Waals surface area contributed by atoms with Crippen LogP contribution in [0.25, 0.3) is 0 Å². The van der Waals surface area contributed by atoms with Gasteiger partial charge in [-0.25, -0.2) is 4.79 Å². The molecule has 0 aromatic heterocycles. The maximum absolute atomic E-state index is 12.4. The first-order valence-electron chi connectivity index (χ1n) is 10.5. The van der Waals surface area contributed by atoms with Crippen LogP contribution in [0.2, 0.25) is 0 Å². The Hall–Kier alpha value is -2.48. The molecule has 2 aliphatic rings. The molecule has 0 bridgehead atoms. The van der Waals surface area contributed by atoms with Gasteiger partial charge >= 0.3 is 6.09 Å². The maximum Gasteiger partial charge on any atom is 0.410 e. The van der Waals surface area contributed by atoms with Crippen LogP contribution >= 0.6 is 0 Å². The van der Waals surface area contributed by atoms with Crippen LogP contribution in [0, 0.1) is 0 Å². The van der Waals surface area contributed by atoms with Gasteiger partial charge in [-0.2, -0.15) is 0 Å². The Kier molecular flexibility index (Phi) is 6.75. The number of ether oxygens (including phenoxy) is 2. The lowest BCUT2D eigenvalue weighted by molar-refractivity contribution is 0.0137. The highest BCUT2D eigenvalue weighted by Crippen LogP contribution is 2.22. The van der Waals surface area contributed by atoms with Gasteiger partial charge in [-0.15, -0.1) is 0 Å². The largest absolute Gasteiger partial charge is 0.497 e. The van der Waals surface area contributed by atoms with Crippen LogP contribution in [0.4, 0.5) is 4.79 Å². The molecule has 1 saturated heterocycles. The van der Waals surface area contributed by atoms with Crippen LogP contribution in [0.15, 0.2) is 29.3 Å². The van der Waals surface area contributed by atoms with Crippen LogP contribution in [0.3, 0.4) is 0 Å². The van der Waals surface area contributed by atoms with Gasteiger partial charge in [0.25, 0.3) is 0 Å². The first-order valence-corrected chi connectivity index (χ1v) is 10.5. The molecule has 0 saturated carbocycles. The number of amides is 1. The van der Waals surface area contributed by atoms with Crippen LogP contribution < -0.4 is 10.1 Å². The van der Waals surface area contributed by atoms with Gasteiger partial charge in [-0.05, 0) is 52.6 Å². The van der Waals surface area contributed by atoms with E-state index >= 15 is 0 Å². The van der Waals surface area contributed by atoms with Gasteiger partial charge in [0.05, 0.1) is 25.7 Å². The van der Waals surface area contributed by atoms with Gasteiger partial charge in [-0.3, -0.25) is 4.99 Å². The Morgan fingerprint density at radius 2 is 1.97 bits per heavy atom. The van der Waals surface area contributed by atoms with Crippen molar-refractivity contribution in [3.8, 4) is 5.75 Å². The van der Waals surface area contributed by atoms with Crippen LogP contribution in [-0.2, 0) is 4.74 Å². The molecule has 2 aliphatic heterocycles. The lowest BCUT2D eigenvalue weighted by Gasteiger charge is -2.39. The summed E-state index contributed by atoms with van der Waals surface area (Å²) in [6.07, 6.45) is -0.240. The summed E-state index contributed by atoms with van der Waals surface area (Å²) in [4.78, 5) is 23.4. The van der Waals surface area contributed by atoms with Gasteiger partial charge in [0.1, 0.15) is 11.4 Å². The smallest absolute Gasteiger partial charge is 0.410 e. The van der Waals surface area contributed by atoms with Gasteiger partial charge < -0.3 is 29.5 Å². The number of hydrogen-bond donors (Lipinski definition) is 1. The fourth-order valence-corrected chi connectivity index (χ4v) is 3.84. The van der Waals surface area contributed by atoms with E-state index in [0.717, 1.165) is 24.8 Å². The van der Waals surface area contributed by atoms with Crippen LogP contribution in [0.1, 0.15) is 32.4 Å². The lowest BCUT2D eigenvalue weighted by Crippen LogP contribution is -2.58. The van der Waals surface area contributed by atoms with Crippen molar-refractivity contribution in [1.82, 2.24) is 20.0 Å².